The quantitative estimate of drug-likeness (QED) is 0.873. The van der Waals surface area contributed by atoms with Crippen LogP contribution in [0.4, 0.5) is 0 Å². The number of rotatable bonds is 3. The van der Waals surface area contributed by atoms with Crippen molar-refractivity contribution in [1.82, 2.24) is 10.3 Å². The standard InChI is InChI=1S/C13H22N2S/c1-9-5-13(3,4)6-12(9)14-7-11-8-16-10(2)15-11/h8-9,12,14H,5-7H2,1-4H3. The Morgan fingerprint density at radius 1 is 1.50 bits per heavy atom. The van der Waals surface area contributed by atoms with E-state index in [2.05, 4.69) is 43.4 Å². The molecule has 1 aliphatic rings. The maximum Gasteiger partial charge on any atom is 0.0897 e. The van der Waals surface area contributed by atoms with Crippen molar-refractivity contribution in [3.63, 3.8) is 0 Å². The van der Waals surface area contributed by atoms with Gasteiger partial charge in [-0.3, -0.25) is 0 Å². The molecule has 1 N–H and O–H groups in total. The van der Waals surface area contributed by atoms with Crippen molar-refractivity contribution in [3.05, 3.63) is 16.1 Å². The molecule has 1 aromatic rings. The van der Waals surface area contributed by atoms with Gasteiger partial charge < -0.3 is 5.32 Å². The molecular formula is C13H22N2S. The van der Waals surface area contributed by atoms with E-state index >= 15 is 0 Å². The van der Waals surface area contributed by atoms with Crippen LogP contribution in [-0.2, 0) is 6.54 Å². The molecule has 1 aliphatic carbocycles. The molecule has 0 amide bonds. The Kier molecular flexibility index (Phi) is 3.36. The maximum atomic E-state index is 4.49. The Bertz CT molecular complexity index is 357. The summed E-state index contributed by atoms with van der Waals surface area (Å²) in [5, 5.41) is 6.98. The first-order valence-corrected chi connectivity index (χ1v) is 6.99. The predicted octanol–water partition coefficient (Wildman–Crippen LogP) is 3.37. The lowest BCUT2D eigenvalue weighted by Gasteiger charge is -2.18. The highest BCUT2D eigenvalue weighted by Crippen LogP contribution is 2.40. The van der Waals surface area contributed by atoms with Crippen molar-refractivity contribution >= 4 is 11.3 Å². The van der Waals surface area contributed by atoms with Gasteiger partial charge in [0.25, 0.3) is 0 Å². The second-order valence-electron chi connectivity index (χ2n) is 5.90. The number of aryl methyl sites for hydroxylation is 1. The van der Waals surface area contributed by atoms with Gasteiger partial charge in [-0.15, -0.1) is 11.3 Å². The minimum atomic E-state index is 0.509. The highest BCUT2D eigenvalue weighted by molar-refractivity contribution is 7.09. The van der Waals surface area contributed by atoms with Crippen LogP contribution in [-0.4, -0.2) is 11.0 Å². The van der Waals surface area contributed by atoms with Gasteiger partial charge in [0.1, 0.15) is 0 Å². The summed E-state index contributed by atoms with van der Waals surface area (Å²) in [4.78, 5) is 4.49. The van der Waals surface area contributed by atoms with Crippen LogP contribution in [0.25, 0.3) is 0 Å². The van der Waals surface area contributed by atoms with Crippen LogP contribution in [0.2, 0.25) is 0 Å². The van der Waals surface area contributed by atoms with Crippen LogP contribution >= 0.6 is 11.3 Å². The molecule has 1 saturated carbocycles. The normalized spacial score (nSPS) is 28.5. The number of nitrogens with zero attached hydrogens (tertiary/aromatic N) is 1. The third-order valence-corrected chi connectivity index (χ3v) is 4.37. The van der Waals surface area contributed by atoms with Crippen molar-refractivity contribution in [2.24, 2.45) is 11.3 Å². The molecule has 1 fully saturated rings. The minimum absolute atomic E-state index is 0.509. The molecule has 90 valence electrons. The van der Waals surface area contributed by atoms with Crippen LogP contribution in [0.5, 0.6) is 0 Å². The van der Waals surface area contributed by atoms with E-state index in [4.69, 9.17) is 0 Å². The lowest BCUT2D eigenvalue weighted by molar-refractivity contribution is 0.362. The molecular weight excluding hydrogens is 216 g/mol. The zero-order valence-electron chi connectivity index (χ0n) is 10.7. The van der Waals surface area contributed by atoms with Crippen molar-refractivity contribution in [2.75, 3.05) is 0 Å². The lowest BCUT2D eigenvalue weighted by atomic mass is 9.91. The molecule has 2 atom stereocenters. The second-order valence-corrected chi connectivity index (χ2v) is 6.96. The number of aromatic nitrogens is 1. The minimum Gasteiger partial charge on any atom is -0.308 e. The van der Waals surface area contributed by atoms with E-state index in [1.54, 1.807) is 11.3 Å². The van der Waals surface area contributed by atoms with Crippen LogP contribution in [0, 0.1) is 18.3 Å². The van der Waals surface area contributed by atoms with E-state index in [1.807, 2.05) is 0 Å². The average Bonchev–Trinajstić information content (AvgIpc) is 2.67. The Morgan fingerprint density at radius 3 is 2.75 bits per heavy atom. The first-order valence-electron chi connectivity index (χ1n) is 6.11. The monoisotopic (exact) mass is 238 g/mol. The molecule has 2 nitrogen and oxygen atoms in total. The molecule has 16 heavy (non-hydrogen) atoms. The fraction of sp³-hybridized carbons (Fsp3) is 0.769. The number of hydrogen-bond donors (Lipinski definition) is 1. The van der Waals surface area contributed by atoms with E-state index in [9.17, 15) is 0 Å². The Morgan fingerprint density at radius 2 is 2.25 bits per heavy atom. The van der Waals surface area contributed by atoms with E-state index in [0.717, 1.165) is 17.5 Å². The number of thiazole rings is 1. The third-order valence-electron chi connectivity index (χ3n) is 3.55. The number of hydrogen-bond acceptors (Lipinski definition) is 3. The Balaban J connectivity index is 1.87. The van der Waals surface area contributed by atoms with Gasteiger partial charge in [-0.05, 0) is 31.1 Å². The van der Waals surface area contributed by atoms with E-state index in [1.165, 1.54) is 18.5 Å². The maximum absolute atomic E-state index is 4.49. The average molecular weight is 238 g/mol. The topological polar surface area (TPSA) is 24.9 Å². The molecule has 2 unspecified atom stereocenters. The molecule has 1 heterocycles. The van der Waals surface area contributed by atoms with Gasteiger partial charge in [-0.25, -0.2) is 4.98 Å². The first kappa shape index (κ1) is 12.1. The molecule has 0 aliphatic heterocycles. The van der Waals surface area contributed by atoms with Crippen molar-refractivity contribution in [3.8, 4) is 0 Å². The summed E-state index contributed by atoms with van der Waals surface area (Å²) >= 11 is 1.74. The van der Waals surface area contributed by atoms with Gasteiger partial charge in [-0.2, -0.15) is 0 Å². The molecule has 1 aromatic heterocycles. The van der Waals surface area contributed by atoms with E-state index in [-0.39, 0.29) is 0 Å². The fourth-order valence-electron chi connectivity index (χ4n) is 2.89. The van der Waals surface area contributed by atoms with Gasteiger partial charge in [0.2, 0.25) is 0 Å². The molecule has 0 aromatic carbocycles. The van der Waals surface area contributed by atoms with E-state index in [0.29, 0.717) is 11.5 Å². The summed E-state index contributed by atoms with van der Waals surface area (Å²) in [6, 6.07) is 0.664. The van der Waals surface area contributed by atoms with Crippen LogP contribution < -0.4 is 5.32 Å². The van der Waals surface area contributed by atoms with Gasteiger partial charge in [0.05, 0.1) is 10.7 Å². The van der Waals surface area contributed by atoms with E-state index < -0.39 is 0 Å². The SMILES string of the molecule is Cc1nc(CNC2CC(C)(C)CC2C)cs1. The molecule has 0 spiro atoms. The summed E-state index contributed by atoms with van der Waals surface area (Å²) < 4.78 is 0. The highest BCUT2D eigenvalue weighted by Gasteiger charge is 2.36. The van der Waals surface area contributed by atoms with Crippen molar-refractivity contribution < 1.29 is 0 Å². The fourth-order valence-corrected chi connectivity index (χ4v) is 3.50. The van der Waals surface area contributed by atoms with Gasteiger partial charge >= 0.3 is 0 Å². The summed E-state index contributed by atoms with van der Waals surface area (Å²) in [6.07, 6.45) is 2.62. The highest BCUT2D eigenvalue weighted by atomic mass is 32.1. The molecule has 0 bridgehead atoms. The van der Waals surface area contributed by atoms with Crippen LogP contribution in [0.1, 0.15) is 44.3 Å². The molecule has 0 saturated heterocycles. The first-order chi connectivity index (χ1) is 7.46. The van der Waals surface area contributed by atoms with Crippen molar-refractivity contribution in [2.45, 2.75) is 53.1 Å². The number of nitrogens with one attached hydrogen (secondary N) is 1. The summed E-state index contributed by atoms with van der Waals surface area (Å²) in [5.74, 6) is 0.787. The summed E-state index contributed by atoms with van der Waals surface area (Å²) in [5.41, 5.74) is 1.70. The van der Waals surface area contributed by atoms with Crippen LogP contribution in [0.15, 0.2) is 5.38 Å². The van der Waals surface area contributed by atoms with Gasteiger partial charge in [0.15, 0.2) is 0 Å². The van der Waals surface area contributed by atoms with Crippen LogP contribution in [0.3, 0.4) is 0 Å². The largest absolute Gasteiger partial charge is 0.308 e. The lowest BCUT2D eigenvalue weighted by Crippen LogP contribution is -2.31. The Hall–Kier alpha value is -0.410. The predicted molar refractivity (Wildman–Crippen MR) is 69.7 cm³/mol. The van der Waals surface area contributed by atoms with Gasteiger partial charge in [0, 0.05) is 18.0 Å². The van der Waals surface area contributed by atoms with Crippen molar-refractivity contribution in [1.29, 1.82) is 0 Å². The summed E-state index contributed by atoms with van der Waals surface area (Å²) in [7, 11) is 0. The molecule has 0 radical (unpaired) electrons. The summed E-state index contributed by atoms with van der Waals surface area (Å²) in [6.45, 7) is 10.1. The Labute approximate surface area is 102 Å². The second kappa shape index (κ2) is 4.46. The smallest absolute Gasteiger partial charge is 0.0897 e. The van der Waals surface area contributed by atoms with Gasteiger partial charge in [-0.1, -0.05) is 20.8 Å². The molecule has 2 rings (SSSR count). The zero-order valence-corrected chi connectivity index (χ0v) is 11.5. The third kappa shape index (κ3) is 2.83. The molecule has 3 heteroatoms. The zero-order chi connectivity index (χ0) is 11.8.